The number of hydrogen-bond donors (Lipinski definition) is 0. The maximum atomic E-state index is 13.1. The van der Waals surface area contributed by atoms with Crippen LogP contribution in [0, 0.1) is 18.8 Å². The van der Waals surface area contributed by atoms with Gasteiger partial charge in [0, 0.05) is 23.8 Å². The summed E-state index contributed by atoms with van der Waals surface area (Å²) in [6.07, 6.45) is 3.50. The number of benzene rings is 2. The summed E-state index contributed by atoms with van der Waals surface area (Å²) in [5, 5.41) is 0. The van der Waals surface area contributed by atoms with Crippen LogP contribution in [0.2, 0.25) is 0 Å². The van der Waals surface area contributed by atoms with Gasteiger partial charge in [-0.15, -0.1) is 12.1 Å². The van der Waals surface area contributed by atoms with Gasteiger partial charge in [-0.3, -0.25) is 0 Å². The normalized spacial score (nSPS) is 10.0. The fourth-order valence-electron chi connectivity index (χ4n) is 1.95. The Morgan fingerprint density at radius 1 is 0.905 bits per heavy atom. The molecular formula is C17H12FN2Rb. The molecule has 4 heteroatoms. The van der Waals surface area contributed by atoms with E-state index in [-0.39, 0.29) is 58.2 Å². The largest absolute Gasteiger partial charge is 1.00 e. The van der Waals surface area contributed by atoms with E-state index in [1.165, 1.54) is 17.7 Å². The zero-order valence-electron chi connectivity index (χ0n) is 12.0. The van der Waals surface area contributed by atoms with Crippen LogP contribution in [0.5, 0.6) is 0 Å². The van der Waals surface area contributed by atoms with E-state index < -0.39 is 5.82 Å². The van der Waals surface area contributed by atoms with Gasteiger partial charge < -0.3 is 0 Å². The molecule has 0 spiro atoms. The molecule has 0 aliphatic carbocycles. The molecule has 2 nitrogen and oxygen atoms in total. The third-order valence-corrected chi connectivity index (χ3v) is 3.06. The van der Waals surface area contributed by atoms with Crippen molar-refractivity contribution in [2.75, 3.05) is 0 Å². The first-order chi connectivity index (χ1) is 9.72. The van der Waals surface area contributed by atoms with E-state index >= 15 is 0 Å². The molecule has 0 aliphatic heterocycles. The number of halogens is 1. The Kier molecular flexibility index (Phi) is 5.93. The van der Waals surface area contributed by atoms with Crippen LogP contribution in [0.25, 0.3) is 22.5 Å². The van der Waals surface area contributed by atoms with Crippen LogP contribution in [0.1, 0.15) is 5.56 Å². The first-order valence-corrected chi connectivity index (χ1v) is 6.29. The molecule has 0 unspecified atom stereocenters. The zero-order chi connectivity index (χ0) is 13.9. The smallest absolute Gasteiger partial charge is 0.238 e. The maximum absolute atomic E-state index is 13.1. The molecule has 98 valence electrons. The van der Waals surface area contributed by atoms with E-state index in [0.29, 0.717) is 11.4 Å². The third-order valence-electron chi connectivity index (χ3n) is 3.06. The van der Waals surface area contributed by atoms with Gasteiger partial charge >= 0.3 is 58.2 Å². The van der Waals surface area contributed by atoms with Crippen molar-refractivity contribution >= 4 is 0 Å². The molecule has 0 atom stereocenters. The summed E-state index contributed by atoms with van der Waals surface area (Å²) in [5.41, 5.74) is 3.87. The molecular weight excluding hydrogens is 337 g/mol. The molecule has 0 N–H and O–H groups in total. The molecule has 1 heterocycles. The van der Waals surface area contributed by atoms with Crippen LogP contribution in [0.15, 0.2) is 54.9 Å². The fourth-order valence-corrected chi connectivity index (χ4v) is 1.95. The second-order valence-electron chi connectivity index (χ2n) is 4.59. The van der Waals surface area contributed by atoms with Gasteiger partial charge in [0.15, 0.2) is 0 Å². The van der Waals surface area contributed by atoms with Gasteiger partial charge in [-0.25, -0.2) is 14.4 Å². The molecule has 0 radical (unpaired) electrons. The summed E-state index contributed by atoms with van der Waals surface area (Å²) in [6.45, 7) is 2.05. The van der Waals surface area contributed by atoms with Gasteiger partial charge in [-0.1, -0.05) is 35.4 Å². The predicted octanol–water partition coefficient (Wildman–Crippen LogP) is 1.06. The van der Waals surface area contributed by atoms with E-state index in [9.17, 15) is 4.39 Å². The SMILES string of the molecule is Cc1ccc(-c2cnc(-c3cc[c-]c(F)c3)nc2)cc1.[Rb+]. The van der Waals surface area contributed by atoms with Crippen molar-refractivity contribution in [3.63, 3.8) is 0 Å². The Bertz CT molecular complexity index is 725. The van der Waals surface area contributed by atoms with Crippen molar-refractivity contribution in [2.45, 2.75) is 6.92 Å². The molecule has 1 aromatic heterocycles. The van der Waals surface area contributed by atoms with Crippen molar-refractivity contribution < 1.29 is 62.6 Å². The van der Waals surface area contributed by atoms with Crippen molar-refractivity contribution in [2.24, 2.45) is 0 Å². The first kappa shape index (κ1) is 16.6. The van der Waals surface area contributed by atoms with Crippen LogP contribution in [-0.4, -0.2) is 9.97 Å². The van der Waals surface area contributed by atoms with E-state index in [4.69, 9.17) is 0 Å². The van der Waals surface area contributed by atoms with E-state index in [1.807, 2.05) is 31.2 Å². The Hall–Kier alpha value is -0.745. The summed E-state index contributed by atoms with van der Waals surface area (Å²) in [6, 6.07) is 15.3. The molecule has 0 fully saturated rings. The molecule has 0 aliphatic rings. The van der Waals surface area contributed by atoms with Gasteiger partial charge in [0.1, 0.15) is 5.82 Å². The van der Waals surface area contributed by atoms with Crippen molar-refractivity contribution in [1.82, 2.24) is 9.97 Å². The van der Waals surface area contributed by atoms with Crippen LogP contribution in [0.4, 0.5) is 4.39 Å². The van der Waals surface area contributed by atoms with E-state index in [2.05, 4.69) is 16.0 Å². The quantitative estimate of drug-likeness (QED) is 0.647. The summed E-state index contributed by atoms with van der Waals surface area (Å²) < 4.78 is 13.1. The predicted molar refractivity (Wildman–Crippen MR) is 76.4 cm³/mol. The minimum absolute atomic E-state index is 0. The molecule has 0 saturated heterocycles. The van der Waals surface area contributed by atoms with Crippen molar-refractivity contribution in [3.8, 4) is 22.5 Å². The van der Waals surface area contributed by atoms with Crippen LogP contribution in [0.3, 0.4) is 0 Å². The fraction of sp³-hybridized carbons (Fsp3) is 0.0588. The summed E-state index contributed by atoms with van der Waals surface area (Å²) in [5.74, 6) is 0.0995. The minimum atomic E-state index is -0.409. The topological polar surface area (TPSA) is 25.8 Å². The standard InChI is InChI=1S/C17H12FN2.Rb/c1-12-5-7-13(8-6-12)15-10-19-17(20-11-15)14-3-2-4-16(18)9-14;/h2-3,5-11H,1H3;/q-1;+1. The van der Waals surface area contributed by atoms with E-state index in [0.717, 1.165) is 11.1 Å². The van der Waals surface area contributed by atoms with Gasteiger partial charge in [0.25, 0.3) is 0 Å². The van der Waals surface area contributed by atoms with Crippen LogP contribution in [-0.2, 0) is 0 Å². The van der Waals surface area contributed by atoms with Gasteiger partial charge in [-0.2, -0.15) is 12.1 Å². The molecule has 2 aromatic carbocycles. The molecule has 0 bridgehead atoms. The molecule has 0 saturated carbocycles. The number of nitrogens with zero attached hydrogens (tertiary/aromatic N) is 2. The van der Waals surface area contributed by atoms with Gasteiger partial charge in [0.05, 0.1) is 0 Å². The summed E-state index contributed by atoms with van der Waals surface area (Å²) >= 11 is 0. The Labute approximate surface area is 172 Å². The first-order valence-electron chi connectivity index (χ1n) is 6.29. The molecule has 3 aromatic rings. The molecule has 21 heavy (non-hydrogen) atoms. The number of aryl methyl sites for hydroxylation is 1. The number of aromatic nitrogens is 2. The zero-order valence-corrected chi connectivity index (χ0v) is 16.9. The van der Waals surface area contributed by atoms with Crippen molar-refractivity contribution in [3.05, 3.63) is 72.3 Å². The maximum Gasteiger partial charge on any atom is 1.00 e. The summed E-state index contributed by atoms with van der Waals surface area (Å²) in [7, 11) is 0. The van der Waals surface area contributed by atoms with Crippen LogP contribution < -0.4 is 58.2 Å². The van der Waals surface area contributed by atoms with Crippen LogP contribution >= 0.6 is 0 Å². The monoisotopic (exact) mass is 348 g/mol. The van der Waals surface area contributed by atoms with Gasteiger partial charge in [0.2, 0.25) is 0 Å². The second-order valence-corrected chi connectivity index (χ2v) is 4.59. The number of rotatable bonds is 2. The Balaban J connectivity index is 0.00000161. The Morgan fingerprint density at radius 2 is 1.57 bits per heavy atom. The van der Waals surface area contributed by atoms with E-state index in [1.54, 1.807) is 18.5 Å². The summed E-state index contributed by atoms with van der Waals surface area (Å²) in [4.78, 5) is 8.59. The third kappa shape index (κ3) is 4.13. The number of hydrogen-bond acceptors (Lipinski definition) is 2. The Morgan fingerprint density at radius 3 is 2.19 bits per heavy atom. The molecule has 0 amide bonds. The second kappa shape index (κ2) is 7.50. The molecule has 3 rings (SSSR count). The average molecular weight is 349 g/mol. The van der Waals surface area contributed by atoms with Gasteiger partial charge in [-0.05, 0) is 12.5 Å². The minimum Gasteiger partial charge on any atom is -0.238 e. The van der Waals surface area contributed by atoms with Crippen molar-refractivity contribution in [1.29, 1.82) is 0 Å². The average Bonchev–Trinajstić information content (AvgIpc) is 2.48.